The van der Waals surface area contributed by atoms with Gasteiger partial charge in [-0.05, 0) is 71.6 Å². The fourth-order valence-corrected chi connectivity index (χ4v) is 3.40. The van der Waals surface area contributed by atoms with Crippen molar-refractivity contribution >= 4 is 17.9 Å². The summed E-state index contributed by atoms with van der Waals surface area (Å²) in [6.07, 6.45) is 5.58. The molecule has 3 amide bonds. The molecule has 0 heterocycles. The Kier molecular flexibility index (Phi) is 7.61. The monoisotopic (exact) mass is 441 g/mol. The van der Waals surface area contributed by atoms with Gasteiger partial charge >= 0.3 is 6.09 Å². The van der Waals surface area contributed by atoms with Gasteiger partial charge in [0.25, 0.3) is 0 Å². The van der Waals surface area contributed by atoms with Crippen molar-refractivity contribution < 1.29 is 19.1 Å². The Hall–Kier alpha value is -3.01. The Balaban J connectivity index is 2.33. The van der Waals surface area contributed by atoms with E-state index in [4.69, 9.17) is 11.2 Å². The maximum absolute atomic E-state index is 13.4. The highest BCUT2D eigenvalue weighted by Gasteiger charge is 2.46. The molecule has 1 aromatic carbocycles. The van der Waals surface area contributed by atoms with E-state index in [0.29, 0.717) is 11.1 Å². The number of alkyl carbamates (subject to hydrolysis) is 1. The highest BCUT2D eigenvalue weighted by Crippen LogP contribution is 2.40. The largest absolute Gasteiger partial charge is 0.444 e. The third-order valence-corrected chi connectivity index (χ3v) is 4.91. The van der Waals surface area contributed by atoms with Gasteiger partial charge in [-0.1, -0.05) is 25.0 Å². The molecule has 7 nitrogen and oxygen atoms in total. The van der Waals surface area contributed by atoms with E-state index < -0.39 is 23.3 Å². The normalized spacial score (nSPS) is 18.7. The number of carbonyl (C=O) groups excluding carboxylic acids is 3. The molecular weight excluding hydrogens is 406 g/mol. The van der Waals surface area contributed by atoms with Gasteiger partial charge in [0.15, 0.2) is 0 Å². The summed E-state index contributed by atoms with van der Waals surface area (Å²) in [7, 11) is 0. The van der Waals surface area contributed by atoms with Crippen LogP contribution in [-0.2, 0) is 14.3 Å². The van der Waals surface area contributed by atoms with Crippen LogP contribution in [-0.4, -0.2) is 46.5 Å². The van der Waals surface area contributed by atoms with Gasteiger partial charge in [0.1, 0.15) is 18.2 Å². The molecule has 3 atom stereocenters. The van der Waals surface area contributed by atoms with Crippen LogP contribution in [0.1, 0.15) is 72.1 Å². The second-order valence-electron chi connectivity index (χ2n) is 10.3. The molecule has 1 aromatic rings. The summed E-state index contributed by atoms with van der Waals surface area (Å²) in [5.41, 5.74) is 0.196. The van der Waals surface area contributed by atoms with Crippen molar-refractivity contribution in [1.29, 1.82) is 0 Å². The van der Waals surface area contributed by atoms with Gasteiger partial charge in [-0.25, -0.2) is 4.79 Å². The third kappa shape index (κ3) is 7.30. The highest BCUT2D eigenvalue weighted by molar-refractivity contribution is 5.91. The number of nitrogens with one attached hydrogen (secondary N) is 2. The number of hydrogen-bond acceptors (Lipinski definition) is 4. The minimum atomic E-state index is -0.844. The van der Waals surface area contributed by atoms with E-state index in [-0.39, 0.29) is 30.3 Å². The van der Waals surface area contributed by atoms with E-state index in [1.807, 2.05) is 27.7 Å². The summed E-state index contributed by atoms with van der Waals surface area (Å²) in [4.78, 5) is 40.3. The fourth-order valence-electron chi connectivity index (χ4n) is 3.40. The van der Waals surface area contributed by atoms with Crippen molar-refractivity contribution in [1.82, 2.24) is 15.5 Å². The molecule has 174 valence electrons. The lowest BCUT2D eigenvalue weighted by molar-refractivity contribution is -0.141. The summed E-state index contributed by atoms with van der Waals surface area (Å²) in [6, 6.07) is 6.12. The third-order valence-electron chi connectivity index (χ3n) is 4.91. The van der Waals surface area contributed by atoms with E-state index >= 15 is 0 Å². The van der Waals surface area contributed by atoms with E-state index in [2.05, 4.69) is 16.6 Å². The highest BCUT2D eigenvalue weighted by atomic mass is 16.6. The second kappa shape index (κ2) is 9.64. The number of terminal acetylenes is 1. The average Bonchev–Trinajstić information content (AvgIpc) is 3.37. The Morgan fingerprint density at radius 1 is 1.16 bits per heavy atom. The van der Waals surface area contributed by atoms with Crippen LogP contribution < -0.4 is 10.6 Å². The van der Waals surface area contributed by atoms with Crippen molar-refractivity contribution in [3.8, 4) is 12.3 Å². The number of nitrogens with zero attached hydrogens (tertiary/aromatic N) is 1. The minimum Gasteiger partial charge on any atom is -0.444 e. The first kappa shape index (κ1) is 25.3. The predicted molar refractivity (Wildman–Crippen MR) is 124 cm³/mol. The molecule has 2 N–H and O–H groups in total. The van der Waals surface area contributed by atoms with Gasteiger partial charge in [-0.3, -0.25) is 9.59 Å². The molecule has 0 spiro atoms. The molecule has 1 aliphatic carbocycles. The molecule has 0 aromatic heterocycles. The van der Waals surface area contributed by atoms with Crippen LogP contribution in [0.4, 0.5) is 4.79 Å². The maximum Gasteiger partial charge on any atom is 0.408 e. The molecular formula is C25H35N3O4. The lowest BCUT2D eigenvalue weighted by Gasteiger charge is -2.34. The van der Waals surface area contributed by atoms with Crippen LogP contribution in [0.25, 0.3) is 0 Å². The number of benzene rings is 1. The van der Waals surface area contributed by atoms with E-state index in [1.54, 1.807) is 49.9 Å². The Bertz CT molecular complexity index is 888. The zero-order chi connectivity index (χ0) is 24.3. The van der Waals surface area contributed by atoms with Crippen LogP contribution in [0.3, 0.4) is 0 Å². The quantitative estimate of drug-likeness (QED) is 0.663. The standard InChI is InChI=1S/C25H35N3O4/c1-9-17-10-12-18(13-11-17)21(22(30)27-24(3,4)5)28(19-14-16(19)2)20(29)15-26-23(31)32-25(6,7)8/h1,10-13,16,19,21H,14-15H2,2-8H3,(H,26,31)(H,27,30). The summed E-state index contributed by atoms with van der Waals surface area (Å²) in [5, 5.41) is 5.51. The lowest BCUT2D eigenvalue weighted by atomic mass is 10.00. The van der Waals surface area contributed by atoms with E-state index in [0.717, 1.165) is 6.42 Å². The first-order valence-electron chi connectivity index (χ1n) is 10.9. The molecule has 0 aliphatic heterocycles. The van der Waals surface area contributed by atoms with Gasteiger partial charge in [0, 0.05) is 17.1 Å². The summed E-state index contributed by atoms with van der Waals surface area (Å²) in [6.45, 7) is 12.7. The van der Waals surface area contributed by atoms with Gasteiger partial charge in [0.05, 0.1) is 0 Å². The predicted octanol–water partition coefficient (Wildman–Crippen LogP) is 3.39. The van der Waals surface area contributed by atoms with Crippen LogP contribution in [0.15, 0.2) is 24.3 Å². The molecule has 1 saturated carbocycles. The SMILES string of the molecule is C#Cc1ccc(C(C(=O)NC(C)(C)C)N(C(=O)CNC(=O)OC(C)(C)C)C2CC2C)cc1. The number of rotatable bonds is 6. The van der Waals surface area contributed by atoms with E-state index in [9.17, 15) is 14.4 Å². The zero-order valence-electron chi connectivity index (χ0n) is 20.1. The summed E-state index contributed by atoms with van der Waals surface area (Å²) in [5.74, 6) is 2.19. The molecule has 1 aliphatic rings. The molecule has 0 saturated heterocycles. The van der Waals surface area contributed by atoms with Crippen LogP contribution in [0, 0.1) is 18.3 Å². The number of amides is 3. The Morgan fingerprint density at radius 3 is 2.16 bits per heavy atom. The van der Waals surface area contributed by atoms with Gasteiger partial charge < -0.3 is 20.3 Å². The molecule has 0 bridgehead atoms. The van der Waals surface area contributed by atoms with Crippen LogP contribution in [0.2, 0.25) is 0 Å². The number of hydrogen-bond donors (Lipinski definition) is 2. The average molecular weight is 442 g/mol. The fraction of sp³-hybridized carbons (Fsp3) is 0.560. The topological polar surface area (TPSA) is 87.7 Å². The smallest absolute Gasteiger partial charge is 0.408 e. The zero-order valence-corrected chi connectivity index (χ0v) is 20.1. The molecule has 0 radical (unpaired) electrons. The number of carbonyl (C=O) groups is 3. The minimum absolute atomic E-state index is 0.0917. The van der Waals surface area contributed by atoms with Crippen molar-refractivity contribution in [3.05, 3.63) is 35.4 Å². The van der Waals surface area contributed by atoms with Gasteiger partial charge in [-0.15, -0.1) is 6.42 Å². The van der Waals surface area contributed by atoms with Crippen molar-refractivity contribution in [2.45, 2.75) is 78.1 Å². The first-order chi connectivity index (χ1) is 14.7. The van der Waals surface area contributed by atoms with Crippen molar-refractivity contribution in [3.63, 3.8) is 0 Å². The maximum atomic E-state index is 13.4. The van der Waals surface area contributed by atoms with Crippen LogP contribution >= 0.6 is 0 Å². The molecule has 2 rings (SSSR count). The van der Waals surface area contributed by atoms with E-state index in [1.165, 1.54) is 0 Å². The summed E-state index contributed by atoms with van der Waals surface area (Å²) < 4.78 is 5.23. The molecule has 32 heavy (non-hydrogen) atoms. The molecule has 3 unspecified atom stereocenters. The number of ether oxygens (including phenoxy) is 1. The molecule has 1 fully saturated rings. The Labute approximate surface area is 191 Å². The first-order valence-corrected chi connectivity index (χ1v) is 10.9. The molecule has 7 heteroatoms. The summed E-state index contributed by atoms with van der Waals surface area (Å²) >= 11 is 0. The van der Waals surface area contributed by atoms with Gasteiger partial charge in [0.2, 0.25) is 11.8 Å². The van der Waals surface area contributed by atoms with Crippen molar-refractivity contribution in [2.24, 2.45) is 5.92 Å². The van der Waals surface area contributed by atoms with Crippen molar-refractivity contribution in [2.75, 3.05) is 6.54 Å². The van der Waals surface area contributed by atoms with Crippen LogP contribution in [0.5, 0.6) is 0 Å². The van der Waals surface area contributed by atoms with Gasteiger partial charge in [-0.2, -0.15) is 0 Å². The Morgan fingerprint density at radius 2 is 1.72 bits per heavy atom. The lowest BCUT2D eigenvalue weighted by Crippen LogP contribution is -2.52. The second-order valence-corrected chi connectivity index (χ2v) is 10.3.